The Hall–Kier alpha value is -2.50. The van der Waals surface area contributed by atoms with E-state index in [1.165, 1.54) is 0 Å². The number of H-pyrrole nitrogens is 1. The smallest absolute Gasteiger partial charge is 0.223 e. The summed E-state index contributed by atoms with van der Waals surface area (Å²) < 4.78 is 5.34. The molecule has 1 saturated heterocycles. The predicted molar refractivity (Wildman–Crippen MR) is 97.9 cm³/mol. The molecule has 134 valence electrons. The molecule has 6 heteroatoms. The van der Waals surface area contributed by atoms with Crippen LogP contribution in [-0.2, 0) is 11.2 Å². The molecule has 1 amide bonds. The maximum Gasteiger partial charge on any atom is 0.223 e. The zero-order valence-corrected chi connectivity index (χ0v) is 15.2. The van der Waals surface area contributed by atoms with Gasteiger partial charge in [-0.15, -0.1) is 0 Å². The van der Waals surface area contributed by atoms with Crippen LogP contribution in [0.4, 0.5) is 5.69 Å². The van der Waals surface area contributed by atoms with E-state index >= 15 is 0 Å². The third-order valence-corrected chi connectivity index (χ3v) is 4.80. The number of amides is 1. The molecule has 25 heavy (non-hydrogen) atoms. The van der Waals surface area contributed by atoms with E-state index in [2.05, 4.69) is 41.1 Å². The highest BCUT2D eigenvalue weighted by Crippen LogP contribution is 2.30. The minimum Gasteiger partial charge on any atom is -0.497 e. The number of methoxy groups -OCH3 is 1. The maximum absolute atomic E-state index is 12.6. The van der Waals surface area contributed by atoms with Gasteiger partial charge < -0.3 is 14.5 Å². The summed E-state index contributed by atoms with van der Waals surface area (Å²) in [5.41, 5.74) is 2.08. The van der Waals surface area contributed by atoms with Crippen LogP contribution < -0.4 is 9.64 Å². The molecule has 2 heterocycles. The average Bonchev–Trinajstić information content (AvgIpc) is 3.12. The first-order valence-electron chi connectivity index (χ1n) is 8.67. The number of nitrogens with one attached hydrogen (secondary N) is 1. The number of hydrogen-bond acceptors (Lipinski definition) is 4. The molecule has 0 unspecified atom stereocenters. The number of benzene rings is 1. The van der Waals surface area contributed by atoms with Gasteiger partial charge in [-0.05, 0) is 38.0 Å². The highest BCUT2D eigenvalue weighted by atomic mass is 16.5. The number of carbonyl (C=O) groups is 1. The lowest BCUT2D eigenvalue weighted by Gasteiger charge is -2.48. The average molecular weight is 342 g/mol. The Balaban J connectivity index is 1.64. The van der Waals surface area contributed by atoms with Crippen LogP contribution >= 0.6 is 0 Å². The number of nitrogens with zero attached hydrogens (tertiary/aromatic N) is 3. The van der Waals surface area contributed by atoms with Gasteiger partial charge in [-0.1, -0.05) is 6.07 Å². The van der Waals surface area contributed by atoms with Crippen LogP contribution in [0.2, 0.25) is 0 Å². The van der Waals surface area contributed by atoms with Crippen molar-refractivity contribution in [3.05, 3.63) is 42.2 Å². The highest BCUT2D eigenvalue weighted by molar-refractivity contribution is 5.77. The van der Waals surface area contributed by atoms with E-state index < -0.39 is 0 Å². The van der Waals surface area contributed by atoms with E-state index in [-0.39, 0.29) is 11.4 Å². The number of aromatic amines is 1. The number of piperazine rings is 1. The SMILES string of the molecule is COc1cccc(N2CCN(C(=O)CCc3cn[nH]c3)CC2(C)C)c1. The van der Waals surface area contributed by atoms with Gasteiger partial charge in [0.1, 0.15) is 5.75 Å². The summed E-state index contributed by atoms with van der Waals surface area (Å²) in [6.45, 7) is 6.64. The predicted octanol–water partition coefficient (Wildman–Crippen LogP) is 2.48. The van der Waals surface area contributed by atoms with Gasteiger partial charge in [-0.2, -0.15) is 5.10 Å². The molecular weight excluding hydrogens is 316 g/mol. The second kappa shape index (κ2) is 7.17. The Labute approximate surface area is 148 Å². The largest absolute Gasteiger partial charge is 0.497 e. The summed E-state index contributed by atoms with van der Waals surface area (Å²) in [4.78, 5) is 16.9. The summed E-state index contributed by atoms with van der Waals surface area (Å²) in [7, 11) is 1.68. The van der Waals surface area contributed by atoms with Crippen LogP contribution in [0.25, 0.3) is 0 Å². The molecule has 1 aliphatic heterocycles. The molecule has 2 aromatic rings. The summed E-state index contributed by atoms with van der Waals surface area (Å²) in [6, 6.07) is 8.11. The second-order valence-corrected chi connectivity index (χ2v) is 7.09. The fourth-order valence-electron chi connectivity index (χ4n) is 3.45. The van der Waals surface area contributed by atoms with Gasteiger partial charge >= 0.3 is 0 Å². The van der Waals surface area contributed by atoms with E-state index in [1.807, 2.05) is 23.2 Å². The van der Waals surface area contributed by atoms with Crippen molar-refractivity contribution in [1.29, 1.82) is 0 Å². The Morgan fingerprint density at radius 1 is 1.36 bits per heavy atom. The number of carbonyl (C=O) groups excluding carboxylic acids is 1. The second-order valence-electron chi connectivity index (χ2n) is 7.09. The standard InChI is InChI=1S/C19H26N4O2/c1-19(2)14-22(18(24)8-7-15-12-20-21-13-15)9-10-23(19)16-5-4-6-17(11-16)25-3/h4-6,11-13H,7-10,14H2,1-3H3,(H,20,21). The molecule has 0 spiro atoms. The van der Waals surface area contributed by atoms with E-state index in [0.29, 0.717) is 13.0 Å². The Bertz CT molecular complexity index is 712. The summed E-state index contributed by atoms with van der Waals surface area (Å²) in [6.07, 6.45) is 4.87. The first kappa shape index (κ1) is 17.3. The van der Waals surface area contributed by atoms with Crippen LogP contribution in [0.1, 0.15) is 25.8 Å². The number of hydrogen-bond donors (Lipinski definition) is 1. The number of anilines is 1. The van der Waals surface area contributed by atoms with Gasteiger partial charge in [0.05, 0.1) is 18.8 Å². The van der Waals surface area contributed by atoms with Crippen molar-refractivity contribution >= 4 is 11.6 Å². The molecule has 0 bridgehead atoms. The monoisotopic (exact) mass is 342 g/mol. The normalized spacial score (nSPS) is 16.8. The van der Waals surface area contributed by atoms with Gasteiger partial charge in [0, 0.05) is 44.0 Å². The van der Waals surface area contributed by atoms with Gasteiger partial charge in [0.2, 0.25) is 5.91 Å². The fraction of sp³-hybridized carbons (Fsp3) is 0.474. The quantitative estimate of drug-likeness (QED) is 0.907. The van der Waals surface area contributed by atoms with Crippen molar-refractivity contribution in [2.24, 2.45) is 0 Å². The van der Waals surface area contributed by atoms with E-state index in [0.717, 1.165) is 36.5 Å². The van der Waals surface area contributed by atoms with Crippen LogP contribution in [0.3, 0.4) is 0 Å². The molecule has 0 atom stereocenters. The van der Waals surface area contributed by atoms with Crippen molar-refractivity contribution < 1.29 is 9.53 Å². The van der Waals surface area contributed by atoms with E-state index in [1.54, 1.807) is 13.3 Å². The number of rotatable bonds is 5. The summed E-state index contributed by atoms with van der Waals surface area (Å²) in [5, 5.41) is 6.71. The topological polar surface area (TPSA) is 61.5 Å². The fourth-order valence-corrected chi connectivity index (χ4v) is 3.45. The Morgan fingerprint density at radius 3 is 2.88 bits per heavy atom. The molecule has 1 aliphatic rings. The molecule has 1 fully saturated rings. The lowest BCUT2D eigenvalue weighted by atomic mass is 9.97. The van der Waals surface area contributed by atoms with E-state index in [9.17, 15) is 4.79 Å². The van der Waals surface area contributed by atoms with Crippen molar-refractivity contribution in [3.63, 3.8) is 0 Å². The lowest BCUT2D eigenvalue weighted by Crippen LogP contribution is -2.60. The zero-order chi connectivity index (χ0) is 17.9. The molecule has 0 radical (unpaired) electrons. The lowest BCUT2D eigenvalue weighted by molar-refractivity contribution is -0.132. The van der Waals surface area contributed by atoms with Crippen molar-refractivity contribution in [2.45, 2.75) is 32.2 Å². The number of aryl methyl sites for hydroxylation is 1. The Kier molecular flexibility index (Phi) is 4.97. The van der Waals surface area contributed by atoms with Crippen LogP contribution in [0.5, 0.6) is 5.75 Å². The molecule has 0 aliphatic carbocycles. The van der Waals surface area contributed by atoms with Crippen molar-refractivity contribution in [1.82, 2.24) is 15.1 Å². The molecule has 0 saturated carbocycles. The van der Waals surface area contributed by atoms with Crippen molar-refractivity contribution in [3.8, 4) is 5.75 Å². The van der Waals surface area contributed by atoms with Crippen LogP contribution in [0.15, 0.2) is 36.7 Å². The molecule has 3 rings (SSSR count). The molecule has 1 N–H and O–H groups in total. The zero-order valence-electron chi connectivity index (χ0n) is 15.2. The van der Waals surface area contributed by atoms with Gasteiger partial charge in [0.15, 0.2) is 0 Å². The maximum atomic E-state index is 12.6. The summed E-state index contributed by atoms with van der Waals surface area (Å²) >= 11 is 0. The molecular formula is C19H26N4O2. The van der Waals surface area contributed by atoms with Crippen molar-refractivity contribution in [2.75, 3.05) is 31.6 Å². The number of ether oxygens (including phenoxy) is 1. The Morgan fingerprint density at radius 2 is 2.20 bits per heavy atom. The summed E-state index contributed by atoms with van der Waals surface area (Å²) in [5.74, 6) is 1.06. The van der Waals surface area contributed by atoms with Crippen LogP contribution in [-0.4, -0.2) is 53.3 Å². The molecule has 1 aromatic carbocycles. The van der Waals surface area contributed by atoms with Gasteiger partial charge in [-0.25, -0.2) is 0 Å². The molecule has 6 nitrogen and oxygen atoms in total. The van der Waals surface area contributed by atoms with Crippen LogP contribution in [0, 0.1) is 0 Å². The minimum atomic E-state index is -0.129. The molecule has 1 aromatic heterocycles. The van der Waals surface area contributed by atoms with E-state index in [4.69, 9.17) is 4.74 Å². The highest BCUT2D eigenvalue weighted by Gasteiger charge is 2.35. The third kappa shape index (κ3) is 3.95. The third-order valence-electron chi connectivity index (χ3n) is 4.80. The first-order chi connectivity index (χ1) is 12.0. The minimum absolute atomic E-state index is 0.129. The first-order valence-corrected chi connectivity index (χ1v) is 8.67. The van der Waals surface area contributed by atoms with Gasteiger partial charge in [-0.3, -0.25) is 9.89 Å². The number of aromatic nitrogens is 2. The van der Waals surface area contributed by atoms with Gasteiger partial charge in [0.25, 0.3) is 0 Å².